The molecule has 0 unspecified atom stereocenters. The first-order valence-electron chi connectivity index (χ1n) is 9.57. The number of esters is 1. The molecule has 1 N–H and O–H groups in total. The van der Waals surface area contributed by atoms with E-state index in [0.717, 1.165) is 4.90 Å². The average Bonchev–Trinajstić information content (AvgIpc) is 2.82. The number of carbonyl (C=O) groups excluding carboxylic acids is 2. The Hall–Kier alpha value is -3.71. The molecule has 0 atom stereocenters. The maximum Gasteiger partial charge on any atom is 0.339 e. The summed E-state index contributed by atoms with van der Waals surface area (Å²) in [5, 5.41) is 3.44. The molecule has 4 aromatic rings. The molecule has 2 aromatic carbocycles. The molecule has 31 heavy (non-hydrogen) atoms. The Morgan fingerprint density at radius 3 is 2.55 bits per heavy atom. The van der Waals surface area contributed by atoms with Crippen molar-refractivity contribution in [2.24, 2.45) is 0 Å². The Bertz CT molecular complexity index is 1250. The number of nitrogens with zero attached hydrogens (tertiary/aromatic N) is 2. The second-order valence-electron chi connectivity index (χ2n) is 6.61. The van der Waals surface area contributed by atoms with Crippen LogP contribution >= 0.6 is 11.8 Å². The Balaban J connectivity index is 1.55. The fraction of sp³-hybridized carbons (Fsp3) is 0.0833. The third kappa shape index (κ3) is 4.73. The van der Waals surface area contributed by atoms with E-state index in [-0.39, 0.29) is 0 Å². The number of pyridine rings is 2. The van der Waals surface area contributed by atoms with Crippen LogP contribution in [0.1, 0.15) is 10.4 Å². The molecule has 7 heteroatoms. The average molecular weight is 430 g/mol. The molecule has 154 valence electrons. The van der Waals surface area contributed by atoms with Gasteiger partial charge in [0.05, 0.1) is 28.2 Å². The zero-order chi connectivity index (χ0) is 21.6. The number of anilines is 1. The molecule has 0 saturated carbocycles. The van der Waals surface area contributed by atoms with Crippen molar-refractivity contribution >= 4 is 40.2 Å². The van der Waals surface area contributed by atoms with Gasteiger partial charge < -0.3 is 10.1 Å². The second-order valence-corrected chi connectivity index (χ2v) is 7.46. The Morgan fingerprint density at radius 1 is 0.968 bits per heavy atom. The van der Waals surface area contributed by atoms with E-state index in [9.17, 15) is 9.59 Å². The quantitative estimate of drug-likeness (QED) is 0.350. The molecule has 0 radical (unpaired) electrons. The highest BCUT2D eigenvalue weighted by molar-refractivity contribution is 7.98. The number of rotatable bonds is 6. The van der Waals surface area contributed by atoms with Gasteiger partial charge in [-0.05, 0) is 42.7 Å². The van der Waals surface area contributed by atoms with E-state index in [4.69, 9.17) is 4.74 Å². The largest absolute Gasteiger partial charge is 0.452 e. The van der Waals surface area contributed by atoms with Crippen molar-refractivity contribution < 1.29 is 14.3 Å². The lowest BCUT2D eigenvalue weighted by molar-refractivity contribution is -0.119. The van der Waals surface area contributed by atoms with Gasteiger partial charge in [-0.15, -0.1) is 11.8 Å². The predicted octanol–water partition coefficient (Wildman–Crippen LogP) is 4.81. The molecule has 0 saturated heterocycles. The van der Waals surface area contributed by atoms with Crippen molar-refractivity contribution in [2.45, 2.75) is 4.90 Å². The molecule has 2 heterocycles. The van der Waals surface area contributed by atoms with Gasteiger partial charge in [-0.1, -0.05) is 36.4 Å². The lowest BCUT2D eigenvalue weighted by Gasteiger charge is -2.11. The molecule has 0 spiro atoms. The van der Waals surface area contributed by atoms with Crippen LogP contribution in [0.3, 0.4) is 0 Å². The van der Waals surface area contributed by atoms with Crippen LogP contribution in [0, 0.1) is 0 Å². The van der Waals surface area contributed by atoms with E-state index < -0.39 is 18.5 Å². The number of carbonyl (C=O) groups is 2. The number of fused-ring (bicyclic) bond motifs is 1. The Labute approximate surface area is 183 Å². The van der Waals surface area contributed by atoms with Crippen molar-refractivity contribution in [3.63, 3.8) is 0 Å². The zero-order valence-electron chi connectivity index (χ0n) is 16.7. The van der Waals surface area contributed by atoms with Gasteiger partial charge in [-0.2, -0.15) is 0 Å². The van der Waals surface area contributed by atoms with Crippen molar-refractivity contribution in [1.29, 1.82) is 0 Å². The summed E-state index contributed by atoms with van der Waals surface area (Å²) in [6.45, 7) is -0.392. The van der Waals surface area contributed by atoms with E-state index >= 15 is 0 Å². The first-order chi connectivity index (χ1) is 15.2. The number of hydrogen-bond donors (Lipinski definition) is 1. The summed E-state index contributed by atoms with van der Waals surface area (Å²) in [6.07, 6.45) is 3.60. The minimum absolute atomic E-state index is 0.337. The van der Waals surface area contributed by atoms with E-state index in [0.29, 0.717) is 33.5 Å². The predicted molar refractivity (Wildman–Crippen MR) is 122 cm³/mol. The minimum atomic E-state index is -0.593. The monoisotopic (exact) mass is 429 g/mol. The van der Waals surface area contributed by atoms with Gasteiger partial charge in [0.15, 0.2) is 6.61 Å². The topological polar surface area (TPSA) is 81.2 Å². The zero-order valence-corrected chi connectivity index (χ0v) is 17.6. The van der Waals surface area contributed by atoms with E-state index in [1.165, 1.54) is 11.8 Å². The Kier molecular flexibility index (Phi) is 6.24. The van der Waals surface area contributed by atoms with Gasteiger partial charge in [-0.25, -0.2) is 9.78 Å². The second kappa shape index (κ2) is 9.40. The smallest absolute Gasteiger partial charge is 0.339 e. The maximum absolute atomic E-state index is 12.9. The molecule has 0 aliphatic carbocycles. The number of hydrogen-bond acceptors (Lipinski definition) is 6. The number of para-hydroxylation sites is 2. The molecular formula is C24H19N3O3S. The number of thioether (sulfide) groups is 1. The van der Waals surface area contributed by atoms with Crippen LogP contribution in [0.4, 0.5) is 5.69 Å². The van der Waals surface area contributed by atoms with Crippen LogP contribution in [-0.4, -0.2) is 34.7 Å². The lowest BCUT2D eigenvalue weighted by Crippen LogP contribution is -2.21. The van der Waals surface area contributed by atoms with E-state index in [2.05, 4.69) is 15.3 Å². The highest BCUT2D eigenvalue weighted by atomic mass is 32.2. The van der Waals surface area contributed by atoms with Crippen LogP contribution in [0.25, 0.3) is 22.3 Å². The number of ether oxygens (including phenoxy) is 1. The van der Waals surface area contributed by atoms with Crippen LogP contribution in [0.2, 0.25) is 0 Å². The minimum Gasteiger partial charge on any atom is -0.452 e. The summed E-state index contributed by atoms with van der Waals surface area (Å²) in [5.74, 6) is -0.998. The molecule has 0 fully saturated rings. The van der Waals surface area contributed by atoms with Crippen molar-refractivity contribution in [3.05, 3.63) is 84.6 Å². The van der Waals surface area contributed by atoms with Crippen LogP contribution in [0.5, 0.6) is 0 Å². The SMILES string of the molecule is CSc1ccccc1NC(=O)COC(=O)c1cc(-c2ccccn2)nc2ccccc12. The van der Waals surface area contributed by atoms with Crippen LogP contribution in [-0.2, 0) is 9.53 Å². The van der Waals surface area contributed by atoms with E-state index in [1.807, 2.05) is 60.9 Å². The Morgan fingerprint density at radius 2 is 1.74 bits per heavy atom. The van der Waals surface area contributed by atoms with Gasteiger partial charge in [0.1, 0.15) is 0 Å². The molecule has 0 bridgehead atoms. The van der Waals surface area contributed by atoms with Crippen LogP contribution < -0.4 is 5.32 Å². The van der Waals surface area contributed by atoms with Gasteiger partial charge >= 0.3 is 5.97 Å². The van der Waals surface area contributed by atoms with Gasteiger partial charge in [0.2, 0.25) is 0 Å². The third-order valence-electron chi connectivity index (χ3n) is 4.58. The summed E-state index contributed by atoms with van der Waals surface area (Å²) < 4.78 is 5.33. The first kappa shape index (κ1) is 20.6. The number of benzene rings is 2. The van der Waals surface area contributed by atoms with Crippen molar-refractivity contribution in [1.82, 2.24) is 9.97 Å². The van der Waals surface area contributed by atoms with Crippen molar-refractivity contribution in [3.8, 4) is 11.4 Å². The van der Waals surface area contributed by atoms with Gasteiger partial charge in [-0.3, -0.25) is 9.78 Å². The molecule has 2 aromatic heterocycles. The van der Waals surface area contributed by atoms with Gasteiger partial charge in [0, 0.05) is 16.5 Å². The highest BCUT2D eigenvalue weighted by Gasteiger charge is 2.17. The molecule has 4 rings (SSSR count). The van der Waals surface area contributed by atoms with E-state index in [1.54, 1.807) is 24.4 Å². The number of aromatic nitrogens is 2. The molecule has 0 aliphatic rings. The molecule has 6 nitrogen and oxygen atoms in total. The molecule has 1 amide bonds. The summed E-state index contributed by atoms with van der Waals surface area (Å²) in [5.41, 5.74) is 2.88. The maximum atomic E-state index is 12.9. The fourth-order valence-electron chi connectivity index (χ4n) is 3.13. The van der Waals surface area contributed by atoms with Crippen LogP contribution in [0.15, 0.2) is 83.9 Å². The number of amides is 1. The fourth-order valence-corrected chi connectivity index (χ4v) is 3.69. The molecule has 0 aliphatic heterocycles. The number of nitrogens with one attached hydrogen (secondary N) is 1. The molecular weight excluding hydrogens is 410 g/mol. The summed E-state index contributed by atoms with van der Waals surface area (Å²) >= 11 is 1.52. The third-order valence-corrected chi connectivity index (χ3v) is 5.37. The van der Waals surface area contributed by atoms with Gasteiger partial charge in [0.25, 0.3) is 5.91 Å². The summed E-state index contributed by atoms with van der Waals surface area (Å²) in [4.78, 5) is 35.1. The first-order valence-corrected chi connectivity index (χ1v) is 10.8. The summed E-state index contributed by atoms with van der Waals surface area (Å²) in [6, 6.07) is 21.9. The standard InChI is InChI=1S/C24H19N3O3S/c1-31-22-12-5-4-11-20(22)27-23(28)15-30-24(29)17-14-21(19-10-6-7-13-25-19)26-18-9-3-2-8-16(17)18/h2-14H,15H2,1H3,(H,27,28). The lowest BCUT2D eigenvalue weighted by atomic mass is 10.1. The van der Waals surface area contributed by atoms with Crippen molar-refractivity contribution in [2.75, 3.05) is 18.2 Å². The summed E-state index contributed by atoms with van der Waals surface area (Å²) in [7, 11) is 0. The highest BCUT2D eigenvalue weighted by Crippen LogP contribution is 2.25. The normalized spacial score (nSPS) is 10.6.